The lowest BCUT2D eigenvalue weighted by Crippen LogP contribution is -2.71. The molecule has 8 nitrogen and oxygen atoms in total. The SMILES string of the molecule is CCOC(=O)NC1(N2CCC2)COc2ccc(OC(N)=O)cc2C1Cc1ccccc1. The lowest BCUT2D eigenvalue weighted by Gasteiger charge is -2.54. The number of likely N-dealkylation sites (tertiary alicyclic amines) is 1. The predicted octanol–water partition coefficient (Wildman–Crippen LogP) is 3.01. The second-order valence-electron chi connectivity index (χ2n) is 7.76. The van der Waals surface area contributed by atoms with Crippen molar-refractivity contribution in [1.29, 1.82) is 0 Å². The van der Waals surface area contributed by atoms with Crippen LogP contribution in [0.2, 0.25) is 0 Å². The van der Waals surface area contributed by atoms with Crippen LogP contribution in [0.25, 0.3) is 0 Å². The first-order valence-corrected chi connectivity index (χ1v) is 10.5. The maximum Gasteiger partial charge on any atom is 0.409 e. The zero-order valence-electron chi connectivity index (χ0n) is 17.5. The van der Waals surface area contributed by atoms with Crippen LogP contribution in [0.4, 0.5) is 9.59 Å². The lowest BCUT2D eigenvalue weighted by molar-refractivity contribution is -0.0562. The number of hydrogen-bond acceptors (Lipinski definition) is 6. The zero-order chi connectivity index (χ0) is 21.8. The van der Waals surface area contributed by atoms with Crippen molar-refractivity contribution in [3.05, 3.63) is 59.7 Å². The number of nitrogens with two attached hydrogens (primary N) is 1. The van der Waals surface area contributed by atoms with E-state index in [0.717, 1.165) is 30.6 Å². The molecule has 0 aliphatic carbocycles. The molecule has 31 heavy (non-hydrogen) atoms. The number of nitrogens with one attached hydrogen (secondary N) is 1. The van der Waals surface area contributed by atoms with Gasteiger partial charge in [-0.2, -0.15) is 0 Å². The number of fused-ring (bicyclic) bond motifs is 1. The number of ether oxygens (including phenoxy) is 3. The Balaban J connectivity index is 1.79. The molecule has 0 bridgehead atoms. The van der Waals surface area contributed by atoms with Crippen molar-refractivity contribution in [3.63, 3.8) is 0 Å². The predicted molar refractivity (Wildman–Crippen MR) is 114 cm³/mol. The summed E-state index contributed by atoms with van der Waals surface area (Å²) in [6.45, 7) is 4.02. The summed E-state index contributed by atoms with van der Waals surface area (Å²) in [5.41, 5.74) is 6.39. The molecule has 2 amide bonds. The van der Waals surface area contributed by atoms with Crippen LogP contribution in [-0.4, -0.2) is 49.1 Å². The van der Waals surface area contributed by atoms with Gasteiger partial charge in [-0.1, -0.05) is 30.3 Å². The summed E-state index contributed by atoms with van der Waals surface area (Å²) in [6.07, 6.45) is 0.335. The highest BCUT2D eigenvalue weighted by atomic mass is 16.6. The van der Waals surface area contributed by atoms with Crippen molar-refractivity contribution >= 4 is 12.2 Å². The van der Waals surface area contributed by atoms with Crippen molar-refractivity contribution < 1.29 is 23.8 Å². The Bertz CT molecular complexity index is 947. The minimum Gasteiger partial charge on any atom is -0.489 e. The van der Waals surface area contributed by atoms with Gasteiger partial charge in [-0.25, -0.2) is 9.59 Å². The molecule has 0 aromatic heterocycles. The number of alkyl carbamates (subject to hydrolysis) is 1. The molecule has 2 unspecified atom stereocenters. The number of hydrogen-bond donors (Lipinski definition) is 2. The fourth-order valence-electron chi connectivity index (χ4n) is 4.36. The van der Waals surface area contributed by atoms with E-state index in [-0.39, 0.29) is 19.1 Å². The van der Waals surface area contributed by atoms with E-state index in [9.17, 15) is 9.59 Å². The lowest BCUT2D eigenvalue weighted by atomic mass is 9.77. The largest absolute Gasteiger partial charge is 0.489 e. The molecule has 2 aliphatic heterocycles. The molecular formula is C23H27N3O5. The molecule has 2 heterocycles. The Kier molecular flexibility index (Phi) is 5.99. The molecule has 164 valence electrons. The van der Waals surface area contributed by atoms with Gasteiger partial charge in [-0.15, -0.1) is 0 Å². The quantitative estimate of drug-likeness (QED) is 0.738. The maximum atomic E-state index is 12.6. The normalized spacial score (nSPS) is 22.4. The van der Waals surface area contributed by atoms with Gasteiger partial charge < -0.3 is 19.9 Å². The highest BCUT2D eigenvalue weighted by Gasteiger charge is 2.52. The molecule has 1 fully saturated rings. The minimum atomic E-state index is -0.880. The van der Waals surface area contributed by atoms with Gasteiger partial charge in [0, 0.05) is 24.6 Å². The van der Waals surface area contributed by atoms with E-state index in [1.807, 2.05) is 18.2 Å². The Morgan fingerprint density at radius 3 is 2.65 bits per heavy atom. The topological polar surface area (TPSA) is 103 Å². The number of primary amides is 1. The summed E-state index contributed by atoms with van der Waals surface area (Å²) in [5, 5.41) is 3.11. The smallest absolute Gasteiger partial charge is 0.409 e. The third kappa shape index (κ3) is 4.29. The van der Waals surface area contributed by atoms with Crippen molar-refractivity contribution in [2.75, 3.05) is 26.3 Å². The van der Waals surface area contributed by atoms with Crippen LogP contribution in [0.15, 0.2) is 48.5 Å². The van der Waals surface area contributed by atoms with E-state index in [4.69, 9.17) is 19.9 Å². The average molecular weight is 425 g/mol. The van der Waals surface area contributed by atoms with E-state index in [1.54, 1.807) is 25.1 Å². The van der Waals surface area contributed by atoms with Crippen LogP contribution < -0.4 is 20.5 Å². The van der Waals surface area contributed by atoms with Gasteiger partial charge in [0.1, 0.15) is 23.8 Å². The summed E-state index contributed by atoms with van der Waals surface area (Å²) in [4.78, 5) is 26.1. The van der Waals surface area contributed by atoms with Gasteiger partial charge in [0.2, 0.25) is 0 Å². The van der Waals surface area contributed by atoms with Crippen molar-refractivity contribution in [1.82, 2.24) is 10.2 Å². The van der Waals surface area contributed by atoms with Gasteiger partial charge in [-0.05, 0) is 43.5 Å². The van der Waals surface area contributed by atoms with E-state index in [0.29, 0.717) is 17.9 Å². The Hall–Kier alpha value is -3.26. The van der Waals surface area contributed by atoms with Crippen LogP contribution in [0.1, 0.15) is 30.4 Å². The molecule has 1 saturated heterocycles. The highest BCUT2D eigenvalue weighted by molar-refractivity contribution is 5.70. The monoisotopic (exact) mass is 425 g/mol. The van der Waals surface area contributed by atoms with Gasteiger partial charge >= 0.3 is 12.2 Å². The Labute approximate surface area is 181 Å². The van der Waals surface area contributed by atoms with Gasteiger partial charge in [-0.3, -0.25) is 10.2 Å². The van der Waals surface area contributed by atoms with E-state index < -0.39 is 17.8 Å². The van der Waals surface area contributed by atoms with E-state index in [1.165, 1.54) is 0 Å². The fraction of sp³-hybridized carbons (Fsp3) is 0.391. The number of carbonyl (C=O) groups excluding carboxylic acids is 2. The molecule has 2 aliphatic rings. The molecule has 8 heteroatoms. The second kappa shape index (κ2) is 8.85. The first-order valence-electron chi connectivity index (χ1n) is 10.5. The minimum absolute atomic E-state index is 0.167. The summed E-state index contributed by atoms with van der Waals surface area (Å²) in [7, 11) is 0. The highest BCUT2D eigenvalue weighted by Crippen LogP contribution is 2.46. The fourth-order valence-corrected chi connectivity index (χ4v) is 4.36. The molecule has 2 aromatic rings. The third-order valence-electron chi connectivity index (χ3n) is 5.90. The molecule has 0 spiro atoms. The molecule has 2 atom stereocenters. The molecule has 3 N–H and O–H groups in total. The standard InChI is InChI=1S/C23H27N3O5/c1-2-29-22(28)25-23(26-11-6-12-26)15-30-20-10-9-17(31-21(24)27)14-18(20)19(23)13-16-7-4-3-5-8-16/h3-5,7-10,14,19H,2,6,11-13,15H2,1H3,(H2,24,27)(H,25,28). The van der Waals surface area contributed by atoms with Crippen molar-refractivity contribution in [3.8, 4) is 11.5 Å². The molecule has 0 radical (unpaired) electrons. The van der Waals surface area contributed by atoms with Crippen LogP contribution >= 0.6 is 0 Å². The molecule has 4 rings (SSSR count). The van der Waals surface area contributed by atoms with Crippen LogP contribution in [0, 0.1) is 0 Å². The van der Waals surface area contributed by atoms with E-state index >= 15 is 0 Å². The first-order chi connectivity index (χ1) is 15.0. The maximum absolute atomic E-state index is 12.6. The zero-order valence-corrected chi connectivity index (χ0v) is 17.5. The number of nitrogens with zero attached hydrogens (tertiary/aromatic N) is 1. The van der Waals surface area contributed by atoms with Crippen LogP contribution in [0.5, 0.6) is 11.5 Å². The summed E-state index contributed by atoms with van der Waals surface area (Å²) in [5.74, 6) is 0.864. The molecule has 0 saturated carbocycles. The van der Waals surface area contributed by atoms with Crippen LogP contribution in [0.3, 0.4) is 0 Å². The third-order valence-corrected chi connectivity index (χ3v) is 5.90. The van der Waals surface area contributed by atoms with Crippen LogP contribution in [-0.2, 0) is 11.2 Å². The van der Waals surface area contributed by atoms with Crippen molar-refractivity contribution in [2.45, 2.75) is 31.3 Å². The molecular weight excluding hydrogens is 398 g/mol. The van der Waals surface area contributed by atoms with Gasteiger partial charge in [0.15, 0.2) is 0 Å². The first kappa shape index (κ1) is 21.0. The van der Waals surface area contributed by atoms with Gasteiger partial charge in [0.25, 0.3) is 0 Å². The average Bonchev–Trinajstić information content (AvgIpc) is 2.69. The number of carbonyl (C=O) groups is 2. The molecule has 2 aromatic carbocycles. The second-order valence-corrected chi connectivity index (χ2v) is 7.76. The number of rotatable bonds is 6. The summed E-state index contributed by atoms with van der Waals surface area (Å²) >= 11 is 0. The summed E-state index contributed by atoms with van der Waals surface area (Å²) < 4.78 is 16.5. The number of benzene rings is 2. The van der Waals surface area contributed by atoms with Gasteiger partial charge in [0.05, 0.1) is 6.61 Å². The van der Waals surface area contributed by atoms with Crippen molar-refractivity contribution in [2.24, 2.45) is 5.73 Å². The Morgan fingerprint density at radius 2 is 2.00 bits per heavy atom. The Morgan fingerprint density at radius 1 is 1.23 bits per heavy atom. The van der Waals surface area contributed by atoms with E-state index in [2.05, 4.69) is 22.3 Å². The number of amides is 2. The summed E-state index contributed by atoms with van der Waals surface area (Å²) in [6, 6.07) is 15.3.